The molecule has 0 N–H and O–H groups in total. The van der Waals surface area contributed by atoms with Crippen LogP contribution in [-0.2, 0) is 10.1 Å². The van der Waals surface area contributed by atoms with Crippen molar-refractivity contribution in [3.05, 3.63) is 152 Å². The van der Waals surface area contributed by atoms with Gasteiger partial charge in [-0.1, -0.05) is 78.9 Å². The maximum absolute atomic E-state index is 13.5. The Bertz CT molecular complexity index is 2200. The van der Waals surface area contributed by atoms with Crippen molar-refractivity contribution in [2.75, 3.05) is 9.80 Å². The highest BCUT2D eigenvalue weighted by atomic mass is 32.2. The number of furan rings is 1. The topological polar surface area (TPSA) is 63.0 Å². The van der Waals surface area contributed by atoms with E-state index in [0.717, 1.165) is 17.1 Å². The lowest BCUT2D eigenvalue weighted by Crippen LogP contribution is -2.28. The number of fused-ring (bicyclic) bond motifs is 3. The first-order chi connectivity index (χ1) is 22.7. The minimum absolute atomic E-state index is 0.135. The summed E-state index contributed by atoms with van der Waals surface area (Å²) in [6.07, 6.45) is 0. The van der Waals surface area contributed by atoms with Crippen LogP contribution in [-0.4, -0.2) is 13.9 Å². The Hall–Kier alpha value is -5.74. The third kappa shape index (κ3) is 5.64. The summed E-state index contributed by atoms with van der Waals surface area (Å²) in [5, 5.41) is 1.20. The van der Waals surface area contributed by atoms with Crippen molar-refractivity contribution in [1.29, 1.82) is 0 Å². The van der Waals surface area contributed by atoms with Gasteiger partial charge in [0.25, 0.3) is 0 Å². The lowest BCUT2D eigenvalue weighted by atomic mass is 10.0. The van der Waals surface area contributed by atoms with Crippen LogP contribution in [0.25, 0.3) is 21.9 Å². The lowest BCUT2D eigenvalue weighted by Gasteiger charge is -2.28. The third-order valence-corrected chi connectivity index (χ3v) is 8.54. The fourth-order valence-electron chi connectivity index (χ4n) is 5.63. The monoisotopic (exact) mass is 650 g/mol. The van der Waals surface area contributed by atoms with Gasteiger partial charge in [-0.3, -0.25) is 0 Å². The van der Waals surface area contributed by atoms with Crippen molar-refractivity contribution in [1.82, 2.24) is 0 Å². The molecule has 0 saturated heterocycles. The van der Waals surface area contributed by atoms with Crippen LogP contribution in [0.15, 0.2) is 156 Å². The van der Waals surface area contributed by atoms with Gasteiger partial charge in [0.2, 0.25) is 0 Å². The third-order valence-electron chi connectivity index (χ3n) is 7.56. The van der Waals surface area contributed by atoms with Crippen molar-refractivity contribution in [2.45, 2.75) is 5.51 Å². The van der Waals surface area contributed by atoms with Gasteiger partial charge in [-0.25, -0.2) is 0 Å². The molecule has 0 bridgehead atoms. The Morgan fingerprint density at radius 1 is 0.511 bits per heavy atom. The number of nitrogens with zero attached hydrogens (tertiary/aromatic N) is 2. The molecule has 7 rings (SSSR count). The van der Waals surface area contributed by atoms with Crippen LogP contribution in [0.5, 0.6) is 5.75 Å². The number of hydrogen-bond acceptors (Lipinski definition) is 6. The number of hydrogen-bond donors (Lipinski definition) is 0. The van der Waals surface area contributed by atoms with Crippen LogP contribution in [0.2, 0.25) is 0 Å². The Morgan fingerprint density at radius 3 is 1.38 bits per heavy atom. The number of anilines is 6. The van der Waals surface area contributed by atoms with Gasteiger partial charge in [-0.05, 0) is 60.7 Å². The van der Waals surface area contributed by atoms with Crippen LogP contribution in [0.1, 0.15) is 0 Å². The van der Waals surface area contributed by atoms with Crippen molar-refractivity contribution in [3.8, 4) is 5.75 Å². The first kappa shape index (κ1) is 29.9. The van der Waals surface area contributed by atoms with E-state index in [1.165, 1.54) is 12.1 Å². The maximum atomic E-state index is 13.5. The summed E-state index contributed by atoms with van der Waals surface area (Å²) in [6, 6.07) is 45.9. The summed E-state index contributed by atoms with van der Waals surface area (Å²) < 4.78 is 75.9. The van der Waals surface area contributed by atoms with E-state index in [2.05, 4.69) is 4.90 Å². The average molecular weight is 651 g/mol. The molecule has 0 fully saturated rings. The molecule has 0 saturated carbocycles. The van der Waals surface area contributed by atoms with E-state index in [1.807, 2.05) is 138 Å². The summed E-state index contributed by atoms with van der Waals surface area (Å²) >= 11 is 0. The molecule has 0 atom stereocenters. The summed E-state index contributed by atoms with van der Waals surface area (Å²) in [5.74, 6) is -0.551. The number of alkyl halides is 3. The van der Waals surface area contributed by atoms with E-state index in [-0.39, 0.29) is 5.58 Å². The van der Waals surface area contributed by atoms with Gasteiger partial charge in [0, 0.05) is 34.9 Å². The van der Waals surface area contributed by atoms with Gasteiger partial charge < -0.3 is 18.4 Å². The number of benzene rings is 6. The van der Waals surface area contributed by atoms with Gasteiger partial charge in [0.15, 0.2) is 0 Å². The van der Waals surface area contributed by atoms with Gasteiger partial charge in [-0.2, -0.15) is 21.6 Å². The second-order valence-electron chi connectivity index (χ2n) is 10.6. The zero-order chi connectivity index (χ0) is 32.6. The Labute approximate surface area is 268 Å². The zero-order valence-corrected chi connectivity index (χ0v) is 25.3. The summed E-state index contributed by atoms with van der Waals surface area (Å²) in [4.78, 5) is 3.89. The molecule has 0 spiro atoms. The molecule has 0 aliphatic heterocycles. The van der Waals surface area contributed by atoms with Gasteiger partial charge >= 0.3 is 15.6 Å². The smallest absolute Gasteiger partial charge is 0.456 e. The quantitative estimate of drug-likeness (QED) is 0.120. The minimum atomic E-state index is -5.98. The highest BCUT2D eigenvalue weighted by Gasteiger charge is 2.48. The first-order valence-corrected chi connectivity index (χ1v) is 15.9. The van der Waals surface area contributed by atoms with E-state index in [4.69, 9.17) is 8.60 Å². The van der Waals surface area contributed by atoms with Gasteiger partial charge in [-0.15, -0.1) is 0 Å². The van der Waals surface area contributed by atoms with Crippen LogP contribution in [0.4, 0.5) is 47.3 Å². The highest BCUT2D eigenvalue weighted by molar-refractivity contribution is 7.88. The Kier molecular flexibility index (Phi) is 7.57. The molecular weight excluding hydrogens is 625 g/mol. The molecule has 234 valence electrons. The largest absolute Gasteiger partial charge is 0.534 e. The molecule has 1 aromatic heterocycles. The molecule has 0 radical (unpaired) electrons. The first-order valence-electron chi connectivity index (χ1n) is 14.5. The zero-order valence-electron chi connectivity index (χ0n) is 24.5. The molecule has 0 unspecified atom stereocenters. The second kappa shape index (κ2) is 11.9. The molecule has 0 aliphatic carbocycles. The number of para-hydroxylation sites is 4. The van der Waals surface area contributed by atoms with Crippen LogP contribution >= 0.6 is 0 Å². The molecule has 0 aliphatic rings. The van der Waals surface area contributed by atoms with Crippen molar-refractivity contribution in [2.24, 2.45) is 0 Å². The predicted molar refractivity (Wildman–Crippen MR) is 179 cm³/mol. The average Bonchev–Trinajstić information content (AvgIpc) is 3.46. The Balaban J connectivity index is 1.59. The molecule has 1 heterocycles. The maximum Gasteiger partial charge on any atom is 0.534 e. The molecule has 7 aromatic rings. The molecule has 6 aromatic carbocycles. The van der Waals surface area contributed by atoms with Crippen LogP contribution < -0.4 is 14.0 Å². The van der Waals surface area contributed by atoms with E-state index in [0.29, 0.717) is 33.4 Å². The molecular formula is C37H25F3N2O4S. The highest BCUT2D eigenvalue weighted by Crippen LogP contribution is 2.49. The summed E-state index contributed by atoms with van der Waals surface area (Å²) in [7, 11) is -5.98. The standard InChI is InChI=1S/C37H25F3N2O4S/c38-37(39,40)47(43,44)46-30-24-32(42(28-18-9-3-10-19-28)29-20-11-4-12-21-29)36-34(25-30)45-33-23-13-22-31(35(33)36)41(26-14-5-1-6-15-26)27-16-7-2-8-17-27/h1-25H. The van der Waals surface area contributed by atoms with E-state index in [9.17, 15) is 21.6 Å². The second-order valence-corrected chi connectivity index (χ2v) is 12.1. The van der Waals surface area contributed by atoms with Gasteiger partial charge in [0.05, 0.1) is 22.1 Å². The number of rotatable bonds is 8. The normalized spacial score (nSPS) is 11.9. The van der Waals surface area contributed by atoms with Crippen LogP contribution in [0, 0.1) is 0 Å². The van der Waals surface area contributed by atoms with Crippen molar-refractivity contribution in [3.63, 3.8) is 0 Å². The molecule has 47 heavy (non-hydrogen) atoms. The van der Waals surface area contributed by atoms with E-state index in [1.54, 1.807) is 6.07 Å². The Morgan fingerprint density at radius 2 is 0.936 bits per heavy atom. The van der Waals surface area contributed by atoms with Gasteiger partial charge in [0.1, 0.15) is 16.9 Å². The summed E-state index contributed by atoms with van der Waals surface area (Å²) in [5.41, 5.74) is -0.910. The SMILES string of the molecule is O=S(=O)(Oc1cc(N(c2ccccc2)c2ccccc2)c2c(c1)oc1cccc(N(c3ccccc3)c3ccccc3)c12)C(F)(F)F. The summed E-state index contributed by atoms with van der Waals surface area (Å²) in [6.45, 7) is 0. The van der Waals surface area contributed by atoms with Crippen molar-refractivity contribution >= 4 is 66.2 Å². The molecule has 0 amide bonds. The van der Waals surface area contributed by atoms with E-state index < -0.39 is 21.4 Å². The van der Waals surface area contributed by atoms with E-state index >= 15 is 0 Å². The number of halogens is 3. The fraction of sp³-hybridized carbons (Fsp3) is 0.0270. The fourth-order valence-corrected chi connectivity index (χ4v) is 6.07. The van der Waals surface area contributed by atoms with Crippen molar-refractivity contribution < 1.29 is 30.2 Å². The predicted octanol–water partition coefficient (Wildman–Crippen LogP) is 10.8. The molecule has 6 nitrogen and oxygen atoms in total. The molecule has 10 heteroatoms. The van der Waals surface area contributed by atoms with Crippen LogP contribution in [0.3, 0.4) is 0 Å². The minimum Gasteiger partial charge on any atom is -0.456 e. The lowest BCUT2D eigenvalue weighted by molar-refractivity contribution is -0.0500.